The Morgan fingerprint density at radius 3 is 2.39 bits per heavy atom. The van der Waals surface area contributed by atoms with Crippen LogP contribution < -0.4 is 9.47 Å². The summed E-state index contributed by atoms with van der Waals surface area (Å²) >= 11 is 0. The number of aromatic carboxylic acids is 1. The summed E-state index contributed by atoms with van der Waals surface area (Å²) in [5.41, 5.74) is 0.924. The van der Waals surface area contributed by atoms with Crippen molar-refractivity contribution in [1.29, 1.82) is 0 Å². The zero-order valence-electron chi connectivity index (χ0n) is 13.7. The molecular weight excluding hydrogens is 296 g/mol. The van der Waals surface area contributed by atoms with Gasteiger partial charge in [0.25, 0.3) is 0 Å². The quantitative estimate of drug-likeness (QED) is 0.755. The molecule has 0 amide bonds. The zero-order valence-corrected chi connectivity index (χ0v) is 13.7. The Labute approximate surface area is 135 Å². The number of benzene rings is 2. The highest BCUT2D eigenvalue weighted by molar-refractivity contribution is 6.00. The molecular formula is C18H22O5. The van der Waals surface area contributed by atoms with E-state index in [1.807, 2.05) is 0 Å². The highest BCUT2D eigenvalue weighted by atomic mass is 16.5. The highest BCUT2D eigenvalue weighted by Crippen LogP contribution is 2.41. The number of hydrogen-bond acceptors (Lipinski definition) is 4. The average Bonchev–Trinajstić information content (AvgIpc) is 2.54. The summed E-state index contributed by atoms with van der Waals surface area (Å²) in [6.45, 7) is 2.12. The average molecular weight is 318 g/mol. The van der Waals surface area contributed by atoms with Crippen molar-refractivity contribution in [1.82, 2.24) is 0 Å². The molecule has 2 N–H and O–H groups in total. The molecule has 23 heavy (non-hydrogen) atoms. The lowest BCUT2D eigenvalue weighted by Gasteiger charge is -2.17. The first-order valence-corrected chi connectivity index (χ1v) is 7.67. The number of phenols is 1. The molecule has 0 fully saturated rings. The van der Waals surface area contributed by atoms with Gasteiger partial charge in [0.2, 0.25) is 0 Å². The summed E-state index contributed by atoms with van der Waals surface area (Å²) in [6.07, 6.45) is 3.82. The van der Waals surface area contributed by atoms with E-state index in [4.69, 9.17) is 9.47 Å². The van der Waals surface area contributed by atoms with Crippen LogP contribution in [0.25, 0.3) is 10.8 Å². The maximum absolute atomic E-state index is 11.3. The summed E-state index contributed by atoms with van der Waals surface area (Å²) in [7, 11) is 3.11. The summed E-state index contributed by atoms with van der Waals surface area (Å²) in [5.74, 6) is -0.0167. The molecule has 0 radical (unpaired) electrons. The standard InChI is InChI=1S/C18H22O5/c1-4-5-6-7-12-13-8-11(18(20)21)9-15(19)14(13)10-16(22-2)17(12)23-3/h8-10,19H,4-7H2,1-3H3,(H,20,21). The fourth-order valence-electron chi connectivity index (χ4n) is 2.81. The second-order valence-electron chi connectivity index (χ2n) is 5.44. The molecule has 0 unspecified atom stereocenters. The summed E-state index contributed by atoms with van der Waals surface area (Å²) in [6, 6.07) is 4.52. The number of rotatable bonds is 7. The smallest absolute Gasteiger partial charge is 0.335 e. The first-order valence-electron chi connectivity index (χ1n) is 7.67. The van der Waals surface area contributed by atoms with Crippen molar-refractivity contribution in [2.75, 3.05) is 14.2 Å². The van der Waals surface area contributed by atoms with Crippen molar-refractivity contribution in [2.24, 2.45) is 0 Å². The van der Waals surface area contributed by atoms with Gasteiger partial charge in [0, 0.05) is 10.9 Å². The molecule has 0 aliphatic heterocycles. The first kappa shape index (κ1) is 16.9. The number of carboxylic acids is 1. The molecule has 5 heteroatoms. The van der Waals surface area contributed by atoms with Gasteiger partial charge in [-0.15, -0.1) is 0 Å². The van der Waals surface area contributed by atoms with Gasteiger partial charge in [0.05, 0.1) is 19.8 Å². The SMILES string of the molecule is CCCCCc1c(OC)c(OC)cc2c(O)cc(C(=O)O)cc12. The van der Waals surface area contributed by atoms with Gasteiger partial charge in [0.1, 0.15) is 5.75 Å². The van der Waals surface area contributed by atoms with Crippen LogP contribution >= 0.6 is 0 Å². The van der Waals surface area contributed by atoms with Gasteiger partial charge in [-0.05, 0) is 36.4 Å². The normalized spacial score (nSPS) is 10.7. The molecule has 0 saturated heterocycles. The van der Waals surface area contributed by atoms with Crippen LogP contribution in [0.15, 0.2) is 18.2 Å². The Balaban J connectivity index is 2.74. The van der Waals surface area contributed by atoms with Gasteiger partial charge >= 0.3 is 5.97 Å². The lowest BCUT2D eigenvalue weighted by Crippen LogP contribution is -2.01. The predicted molar refractivity (Wildman–Crippen MR) is 88.9 cm³/mol. The number of ether oxygens (including phenoxy) is 2. The van der Waals surface area contributed by atoms with Gasteiger partial charge in [-0.2, -0.15) is 0 Å². The lowest BCUT2D eigenvalue weighted by atomic mass is 9.95. The Kier molecular flexibility index (Phi) is 5.32. The van der Waals surface area contributed by atoms with E-state index in [-0.39, 0.29) is 11.3 Å². The minimum absolute atomic E-state index is 0.0546. The third-order valence-corrected chi connectivity index (χ3v) is 3.96. The molecule has 0 aliphatic rings. The molecule has 2 rings (SSSR count). The highest BCUT2D eigenvalue weighted by Gasteiger charge is 2.18. The van der Waals surface area contributed by atoms with Crippen LogP contribution in [-0.4, -0.2) is 30.4 Å². The van der Waals surface area contributed by atoms with Crippen LogP contribution in [0.5, 0.6) is 17.2 Å². The number of carboxylic acid groups (broad SMARTS) is 1. The number of fused-ring (bicyclic) bond motifs is 1. The van der Waals surface area contributed by atoms with Crippen LogP contribution in [0.4, 0.5) is 0 Å². The fraction of sp³-hybridized carbons (Fsp3) is 0.389. The van der Waals surface area contributed by atoms with Crippen LogP contribution in [0.1, 0.15) is 42.1 Å². The minimum atomic E-state index is -1.07. The molecule has 0 spiro atoms. The van der Waals surface area contributed by atoms with Gasteiger partial charge in [-0.3, -0.25) is 0 Å². The van der Waals surface area contributed by atoms with Crippen LogP contribution in [-0.2, 0) is 6.42 Å². The zero-order chi connectivity index (χ0) is 17.0. The van der Waals surface area contributed by atoms with E-state index in [2.05, 4.69) is 6.92 Å². The molecule has 0 heterocycles. The van der Waals surface area contributed by atoms with Gasteiger partial charge in [0.15, 0.2) is 11.5 Å². The molecule has 0 aliphatic carbocycles. The van der Waals surface area contributed by atoms with Crippen molar-refractivity contribution in [2.45, 2.75) is 32.6 Å². The van der Waals surface area contributed by atoms with Crippen LogP contribution in [0, 0.1) is 0 Å². The second kappa shape index (κ2) is 7.22. The molecule has 0 atom stereocenters. The molecule has 2 aromatic rings. The second-order valence-corrected chi connectivity index (χ2v) is 5.44. The Bertz CT molecular complexity index is 721. The van der Waals surface area contributed by atoms with Gasteiger partial charge in [-0.1, -0.05) is 19.8 Å². The largest absolute Gasteiger partial charge is 0.507 e. The van der Waals surface area contributed by atoms with Crippen molar-refractivity contribution < 1.29 is 24.5 Å². The molecule has 0 saturated carbocycles. The number of methoxy groups -OCH3 is 2. The van der Waals surface area contributed by atoms with Crippen molar-refractivity contribution in [3.8, 4) is 17.2 Å². The van der Waals surface area contributed by atoms with E-state index in [0.717, 1.165) is 31.2 Å². The maximum atomic E-state index is 11.3. The molecule has 2 aromatic carbocycles. The number of aromatic hydroxyl groups is 1. The van der Waals surface area contributed by atoms with E-state index < -0.39 is 5.97 Å². The van der Waals surface area contributed by atoms with E-state index in [9.17, 15) is 15.0 Å². The number of unbranched alkanes of at least 4 members (excludes halogenated alkanes) is 2. The number of hydrogen-bond donors (Lipinski definition) is 2. The van der Waals surface area contributed by atoms with Crippen molar-refractivity contribution in [3.63, 3.8) is 0 Å². The van der Waals surface area contributed by atoms with Crippen molar-refractivity contribution >= 4 is 16.7 Å². The van der Waals surface area contributed by atoms with Crippen LogP contribution in [0.2, 0.25) is 0 Å². The minimum Gasteiger partial charge on any atom is -0.507 e. The van der Waals surface area contributed by atoms with E-state index >= 15 is 0 Å². The predicted octanol–water partition coefficient (Wildman–Crippen LogP) is 3.99. The van der Waals surface area contributed by atoms with E-state index in [0.29, 0.717) is 22.3 Å². The molecule has 0 bridgehead atoms. The van der Waals surface area contributed by atoms with Gasteiger partial charge in [-0.25, -0.2) is 4.79 Å². The Morgan fingerprint density at radius 1 is 1.09 bits per heavy atom. The lowest BCUT2D eigenvalue weighted by molar-refractivity contribution is 0.0696. The van der Waals surface area contributed by atoms with Crippen LogP contribution in [0.3, 0.4) is 0 Å². The van der Waals surface area contributed by atoms with Crippen molar-refractivity contribution in [3.05, 3.63) is 29.3 Å². The number of aryl methyl sites for hydroxylation is 1. The molecule has 5 nitrogen and oxygen atoms in total. The third-order valence-electron chi connectivity index (χ3n) is 3.96. The number of carbonyl (C=O) groups is 1. The monoisotopic (exact) mass is 318 g/mol. The summed E-state index contributed by atoms with van der Waals surface area (Å²) < 4.78 is 10.9. The molecule has 0 aromatic heterocycles. The summed E-state index contributed by atoms with van der Waals surface area (Å²) in [4.78, 5) is 11.3. The topological polar surface area (TPSA) is 76.0 Å². The first-order chi connectivity index (χ1) is 11.0. The van der Waals surface area contributed by atoms with Gasteiger partial charge < -0.3 is 19.7 Å². The maximum Gasteiger partial charge on any atom is 0.335 e. The fourth-order valence-corrected chi connectivity index (χ4v) is 2.81. The molecule has 124 valence electrons. The summed E-state index contributed by atoms with van der Waals surface area (Å²) in [5, 5.41) is 20.7. The number of phenolic OH excluding ortho intramolecular Hbond substituents is 1. The Hall–Kier alpha value is -2.43. The third kappa shape index (κ3) is 3.33. The van der Waals surface area contributed by atoms with E-state index in [1.54, 1.807) is 26.4 Å². The van der Waals surface area contributed by atoms with E-state index in [1.165, 1.54) is 6.07 Å². The Morgan fingerprint density at radius 2 is 1.83 bits per heavy atom.